The molecule has 1 heterocycles. The van der Waals surface area contributed by atoms with Gasteiger partial charge in [0.05, 0.1) is 11.6 Å². The van der Waals surface area contributed by atoms with E-state index in [9.17, 15) is 24.2 Å². The number of aliphatic hydroxyl groups is 1. The number of aryl methyl sites for hydroxylation is 1. The number of hydrogen-bond donors (Lipinski definition) is 2. The molecule has 0 spiro atoms. The molecule has 1 aliphatic heterocycles. The van der Waals surface area contributed by atoms with Gasteiger partial charge in [-0.05, 0) is 47.9 Å². The largest absolute Gasteiger partial charge is 0.508 e. The third-order valence-electron chi connectivity index (χ3n) is 5.29. The van der Waals surface area contributed by atoms with E-state index in [2.05, 4.69) is 0 Å². The summed E-state index contributed by atoms with van der Waals surface area (Å²) in [7, 11) is 0. The van der Waals surface area contributed by atoms with Gasteiger partial charge in [0, 0.05) is 12.1 Å². The number of anilines is 1. The van der Waals surface area contributed by atoms with Crippen molar-refractivity contribution in [2.24, 2.45) is 0 Å². The maximum atomic E-state index is 13.9. The molecule has 31 heavy (non-hydrogen) atoms. The number of aromatic hydroxyl groups is 1. The normalized spacial score (nSPS) is 16.1. The van der Waals surface area contributed by atoms with E-state index in [4.69, 9.17) is 0 Å². The van der Waals surface area contributed by atoms with Crippen LogP contribution in [0.3, 0.4) is 0 Å². The van der Waals surface area contributed by atoms with E-state index in [-0.39, 0.29) is 29.2 Å². The van der Waals surface area contributed by atoms with E-state index >= 15 is 0 Å². The lowest BCUT2D eigenvalue weighted by atomic mass is 9.93. The first-order valence-electron chi connectivity index (χ1n) is 9.84. The van der Waals surface area contributed by atoms with Gasteiger partial charge in [0.2, 0.25) is 0 Å². The van der Waals surface area contributed by atoms with Crippen LogP contribution in [-0.2, 0) is 16.0 Å². The quantitative estimate of drug-likeness (QED) is 0.613. The van der Waals surface area contributed by atoms with Gasteiger partial charge in [-0.1, -0.05) is 48.5 Å². The van der Waals surface area contributed by atoms with Crippen molar-refractivity contribution in [1.29, 1.82) is 0 Å². The average molecular weight is 417 g/mol. The van der Waals surface area contributed by atoms with E-state index in [1.165, 1.54) is 35.2 Å². The number of nitrogens with zero attached hydrogens (tertiary/aromatic N) is 1. The molecule has 2 N–H and O–H groups in total. The summed E-state index contributed by atoms with van der Waals surface area (Å²) in [5, 5.41) is 20.3. The lowest BCUT2D eigenvalue weighted by Crippen LogP contribution is -2.31. The molecule has 1 amide bonds. The fourth-order valence-corrected chi connectivity index (χ4v) is 3.79. The minimum atomic E-state index is -0.932. The Bertz CT molecular complexity index is 1160. The number of rotatable bonds is 6. The molecule has 0 aromatic heterocycles. The maximum absolute atomic E-state index is 13.9. The van der Waals surface area contributed by atoms with Gasteiger partial charge in [-0.2, -0.15) is 0 Å². The second-order valence-corrected chi connectivity index (χ2v) is 7.32. The topological polar surface area (TPSA) is 77.8 Å². The van der Waals surface area contributed by atoms with Gasteiger partial charge >= 0.3 is 0 Å². The highest BCUT2D eigenvalue weighted by molar-refractivity contribution is 6.16. The molecule has 0 bridgehead atoms. The summed E-state index contributed by atoms with van der Waals surface area (Å²) in [6.45, 7) is 0. The number of aliphatic hydroxyl groups excluding tert-OH is 1. The summed E-state index contributed by atoms with van der Waals surface area (Å²) in [4.78, 5) is 27.3. The number of phenolic OH excluding ortho intramolecular Hbond substituents is 1. The van der Waals surface area contributed by atoms with Gasteiger partial charge in [-0.15, -0.1) is 0 Å². The van der Waals surface area contributed by atoms with Crippen LogP contribution in [0, 0.1) is 5.82 Å². The van der Waals surface area contributed by atoms with E-state index in [1.54, 1.807) is 18.2 Å². The third kappa shape index (κ3) is 4.05. The highest BCUT2D eigenvalue weighted by Crippen LogP contribution is 2.41. The Morgan fingerprint density at radius 1 is 0.935 bits per heavy atom. The van der Waals surface area contributed by atoms with Crippen molar-refractivity contribution in [1.82, 2.24) is 0 Å². The Morgan fingerprint density at radius 3 is 2.32 bits per heavy atom. The van der Waals surface area contributed by atoms with Gasteiger partial charge < -0.3 is 10.2 Å². The van der Waals surface area contributed by atoms with Crippen molar-refractivity contribution in [2.75, 3.05) is 4.90 Å². The van der Waals surface area contributed by atoms with Crippen molar-refractivity contribution in [3.63, 3.8) is 0 Å². The fraction of sp³-hybridized carbons (Fsp3) is 0.120. The van der Waals surface area contributed by atoms with Crippen LogP contribution in [-0.4, -0.2) is 21.9 Å². The number of phenols is 1. The maximum Gasteiger partial charge on any atom is 0.294 e. The first-order chi connectivity index (χ1) is 15.0. The molecule has 1 unspecified atom stereocenters. The molecule has 4 rings (SSSR count). The minimum absolute atomic E-state index is 0.0236. The number of carbonyl (C=O) groups excluding carboxylic acids is 2. The average Bonchev–Trinajstić information content (AvgIpc) is 3.04. The molecule has 3 aromatic carbocycles. The van der Waals surface area contributed by atoms with Crippen molar-refractivity contribution >= 4 is 17.4 Å². The molecule has 0 fully saturated rings. The Labute approximate surface area is 178 Å². The smallest absolute Gasteiger partial charge is 0.294 e. The molecular formula is C25H20FNO4. The molecule has 0 saturated carbocycles. The van der Waals surface area contributed by atoms with Gasteiger partial charge in [0.15, 0.2) is 11.5 Å². The van der Waals surface area contributed by atoms with Gasteiger partial charge in [0.1, 0.15) is 11.6 Å². The zero-order valence-corrected chi connectivity index (χ0v) is 16.5. The molecule has 5 nitrogen and oxygen atoms in total. The molecule has 0 radical (unpaired) electrons. The molecule has 3 aromatic rings. The number of halogens is 1. The Hall–Kier alpha value is -3.93. The summed E-state index contributed by atoms with van der Waals surface area (Å²) in [5.41, 5.74) is 1.67. The standard InChI is InChI=1S/C25H20FNO4/c26-18-7-4-8-19(15-18)27-23(17-10-12-20(28)13-11-17)22(24(30)25(27)31)21(29)14-9-16-5-2-1-3-6-16/h1-8,10-13,15,23,28,30H,9,14H2. The lowest BCUT2D eigenvalue weighted by molar-refractivity contribution is -0.118. The molecule has 0 saturated heterocycles. The number of carbonyl (C=O) groups is 2. The van der Waals surface area contributed by atoms with Crippen LogP contribution in [0.25, 0.3) is 0 Å². The van der Waals surface area contributed by atoms with Crippen LogP contribution in [0.1, 0.15) is 23.6 Å². The Kier molecular flexibility index (Phi) is 5.54. The van der Waals surface area contributed by atoms with Gasteiger partial charge in [-0.3, -0.25) is 14.5 Å². The molecule has 1 aliphatic rings. The Balaban J connectivity index is 1.73. The van der Waals surface area contributed by atoms with Crippen LogP contribution in [0.4, 0.5) is 10.1 Å². The van der Waals surface area contributed by atoms with Crippen LogP contribution in [0.15, 0.2) is 90.2 Å². The minimum Gasteiger partial charge on any atom is -0.508 e. The lowest BCUT2D eigenvalue weighted by Gasteiger charge is -2.27. The summed E-state index contributed by atoms with van der Waals surface area (Å²) < 4.78 is 13.9. The monoisotopic (exact) mass is 417 g/mol. The summed E-state index contributed by atoms with van der Waals surface area (Å²) >= 11 is 0. The zero-order chi connectivity index (χ0) is 22.0. The van der Waals surface area contributed by atoms with Crippen molar-refractivity contribution in [3.05, 3.63) is 107 Å². The molecule has 1 atom stereocenters. The van der Waals surface area contributed by atoms with Crippen molar-refractivity contribution in [3.8, 4) is 5.75 Å². The predicted molar refractivity (Wildman–Crippen MR) is 114 cm³/mol. The van der Waals surface area contributed by atoms with E-state index in [1.807, 2.05) is 30.3 Å². The number of ketones is 1. The first kappa shape index (κ1) is 20.3. The second kappa shape index (κ2) is 8.44. The summed E-state index contributed by atoms with van der Waals surface area (Å²) in [6.07, 6.45) is 0.551. The fourth-order valence-electron chi connectivity index (χ4n) is 3.79. The van der Waals surface area contributed by atoms with E-state index in [0.717, 1.165) is 5.56 Å². The van der Waals surface area contributed by atoms with Crippen LogP contribution in [0.2, 0.25) is 0 Å². The van der Waals surface area contributed by atoms with Crippen LogP contribution >= 0.6 is 0 Å². The second-order valence-electron chi connectivity index (χ2n) is 7.32. The summed E-state index contributed by atoms with van der Waals surface area (Å²) in [5.74, 6) is -2.30. The van der Waals surface area contributed by atoms with Gasteiger partial charge in [-0.25, -0.2) is 4.39 Å². The molecular weight excluding hydrogens is 397 g/mol. The summed E-state index contributed by atoms with van der Waals surface area (Å²) in [6, 6.07) is 19.9. The van der Waals surface area contributed by atoms with Crippen LogP contribution < -0.4 is 4.90 Å². The first-order valence-corrected chi connectivity index (χ1v) is 9.84. The molecule has 6 heteroatoms. The van der Waals surface area contributed by atoms with Crippen molar-refractivity contribution in [2.45, 2.75) is 18.9 Å². The van der Waals surface area contributed by atoms with E-state index in [0.29, 0.717) is 12.0 Å². The number of hydrogen-bond acceptors (Lipinski definition) is 4. The SMILES string of the molecule is O=C(CCc1ccccc1)C1=C(O)C(=O)N(c2cccc(F)c2)C1c1ccc(O)cc1. The number of Topliss-reactive ketones (excluding diaryl/α,β-unsaturated/α-hetero) is 1. The zero-order valence-electron chi connectivity index (χ0n) is 16.5. The number of amides is 1. The number of benzene rings is 3. The van der Waals surface area contributed by atoms with Gasteiger partial charge in [0.25, 0.3) is 5.91 Å². The molecule has 156 valence electrons. The Morgan fingerprint density at radius 2 is 1.65 bits per heavy atom. The molecule has 0 aliphatic carbocycles. The van der Waals surface area contributed by atoms with E-state index < -0.39 is 23.5 Å². The predicted octanol–water partition coefficient (Wildman–Crippen LogP) is 4.63. The highest BCUT2D eigenvalue weighted by Gasteiger charge is 2.44. The van der Waals surface area contributed by atoms with Crippen LogP contribution in [0.5, 0.6) is 5.75 Å². The highest BCUT2D eigenvalue weighted by atomic mass is 19.1. The van der Waals surface area contributed by atoms with Crippen molar-refractivity contribution < 1.29 is 24.2 Å². The third-order valence-corrected chi connectivity index (χ3v) is 5.29.